The van der Waals surface area contributed by atoms with Crippen LogP contribution in [0.4, 0.5) is 43.9 Å². The van der Waals surface area contributed by atoms with Gasteiger partial charge in [0.15, 0.2) is 0 Å². The van der Waals surface area contributed by atoms with Crippen molar-refractivity contribution in [3.63, 3.8) is 0 Å². The summed E-state index contributed by atoms with van der Waals surface area (Å²) in [6.45, 7) is 0.817. The van der Waals surface area contributed by atoms with E-state index in [1.807, 2.05) is 5.32 Å². The molecule has 4 N–H and O–H groups in total. The van der Waals surface area contributed by atoms with Gasteiger partial charge in [0, 0.05) is 38.1 Å². The fourth-order valence-corrected chi connectivity index (χ4v) is 3.86. The third-order valence-electron chi connectivity index (χ3n) is 5.77. The highest BCUT2D eigenvalue weighted by atomic mass is 19.4. The molecule has 2 aromatic rings. The first-order valence-electron chi connectivity index (χ1n) is 10.4. The molecule has 3 heterocycles. The molecule has 1 aliphatic rings. The number of pyridine rings is 2. The number of alkyl halides is 5. The second-order valence-electron chi connectivity index (χ2n) is 8.34. The lowest BCUT2D eigenvalue weighted by molar-refractivity contribution is -0.138. The fourth-order valence-electron chi connectivity index (χ4n) is 3.86. The Morgan fingerprint density at radius 2 is 2.00 bits per heavy atom. The van der Waals surface area contributed by atoms with Crippen molar-refractivity contribution in [3.05, 3.63) is 46.0 Å². The number of amides is 2. The first-order valence-corrected chi connectivity index (χ1v) is 10.4. The summed E-state index contributed by atoms with van der Waals surface area (Å²) in [5.74, 6) is -3.32. The molecule has 0 aromatic carbocycles. The normalized spacial score (nSPS) is 17.7. The Bertz CT molecular complexity index is 1210. The molecule has 1 saturated heterocycles. The van der Waals surface area contributed by atoms with E-state index >= 15 is 8.78 Å². The Morgan fingerprint density at radius 3 is 2.57 bits per heavy atom. The van der Waals surface area contributed by atoms with Crippen molar-refractivity contribution in [3.8, 4) is 0 Å². The zero-order valence-corrected chi connectivity index (χ0v) is 19.1. The van der Waals surface area contributed by atoms with Crippen LogP contribution in [0.3, 0.4) is 0 Å². The molecule has 0 aliphatic carbocycles. The average molecular weight is 501 g/mol. The molecule has 35 heavy (non-hydrogen) atoms. The molecule has 1 atom stereocenters. The van der Waals surface area contributed by atoms with Crippen molar-refractivity contribution < 1.29 is 26.7 Å². The van der Waals surface area contributed by atoms with Gasteiger partial charge in [-0.25, -0.2) is 18.6 Å². The molecule has 3 rings (SSSR count). The van der Waals surface area contributed by atoms with Crippen LogP contribution < -0.4 is 21.5 Å². The van der Waals surface area contributed by atoms with Gasteiger partial charge < -0.3 is 30.8 Å². The van der Waals surface area contributed by atoms with E-state index in [1.165, 1.54) is 24.1 Å². The lowest BCUT2D eigenvalue weighted by Crippen LogP contribution is -2.59. The summed E-state index contributed by atoms with van der Waals surface area (Å²) < 4.78 is 70.0. The molecule has 2 amide bonds. The number of rotatable bonds is 4. The van der Waals surface area contributed by atoms with Crippen molar-refractivity contribution in [2.45, 2.75) is 31.5 Å². The number of hydrogen-bond donors (Lipinski definition) is 3. The highest BCUT2D eigenvalue weighted by Gasteiger charge is 2.48. The summed E-state index contributed by atoms with van der Waals surface area (Å²) in [7, 11) is 2.17. The van der Waals surface area contributed by atoms with Gasteiger partial charge in [-0.1, -0.05) is 0 Å². The zero-order chi connectivity index (χ0) is 26.3. The lowest BCUT2D eigenvalue weighted by Gasteiger charge is -2.43. The van der Waals surface area contributed by atoms with Gasteiger partial charge in [0.25, 0.3) is 11.5 Å². The number of nitrogens with two attached hydrogens (primary N) is 1. The molecule has 0 spiro atoms. The first kappa shape index (κ1) is 25.9. The standard InChI is InChI=1S/C21H24F5N7O2/c1-11(27)14-7-13(8-29-17(14)28)33-5-4-16(20(22,23)10-33)32(3)19(35)30-15-6-12(21(24,25)26)9-31(2)18(15)34/h6-9,16,27H,4-5,10H2,1-3H3,(H2,28,29)(H,30,35). The van der Waals surface area contributed by atoms with E-state index < -0.39 is 47.5 Å². The zero-order valence-electron chi connectivity index (χ0n) is 19.1. The molecule has 190 valence electrons. The number of carbonyl (C=O) groups is 1. The molecule has 9 nitrogen and oxygen atoms in total. The maximum atomic E-state index is 15.1. The highest BCUT2D eigenvalue weighted by Crippen LogP contribution is 2.34. The van der Waals surface area contributed by atoms with Crippen LogP contribution in [0.5, 0.6) is 0 Å². The van der Waals surface area contributed by atoms with Gasteiger partial charge in [0.2, 0.25) is 0 Å². The number of carbonyl (C=O) groups excluding carboxylic acids is 1. The molecular weight excluding hydrogens is 477 g/mol. The molecule has 0 saturated carbocycles. The van der Waals surface area contributed by atoms with Crippen molar-refractivity contribution in [2.24, 2.45) is 7.05 Å². The largest absolute Gasteiger partial charge is 0.417 e. The van der Waals surface area contributed by atoms with Crippen LogP contribution >= 0.6 is 0 Å². The summed E-state index contributed by atoms with van der Waals surface area (Å²) in [6.07, 6.45) is -3.06. The van der Waals surface area contributed by atoms with Gasteiger partial charge >= 0.3 is 12.2 Å². The molecule has 14 heteroatoms. The van der Waals surface area contributed by atoms with E-state index in [-0.39, 0.29) is 24.5 Å². The monoisotopic (exact) mass is 501 g/mol. The number of nitrogen functional groups attached to an aromatic ring is 1. The van der Waals surface area contributed by atoms with Crippen LogP contribution in [0.15, 0.2) is 29.3 Å². The third kappa shape index (κ3) is 5.35. The predicted molar refractivity (Wildman–Crippen MR) is 120 cm³/mol. The van der Waals surface area contributed by atoms with Gasteiger partial charge in [-0.05, 0) is 25.5 Å². The predicted octanol–water partition coefficient (Wildman–Crippen LogP) is 3.15. The second-order valence-corrected chi connectivity index (χ2v) is 8.34. The average Bonchev–Trinajstić information content (AvgIpc) is 2.74. The molecule has 1 fully saturated rings. The number of nitrogens with one attached hydrogen (secondary N) is 2. The Balaban J connectivity index is 1.78. The van der Waals surface area contributed by atoms with E-state index in [0.29, 0.717) is 33.0 Å². The fraction of sp³-hybridized carbons (Fsp3) is 0.429. The van der Waals surface area contributed by atoms with E-state index in [2.05, 4.69) is 4.98 Å². The minimum atomic E-state index is -4.77. The van der Waals surface area contributed by atoms with Crippen LogP contribution in [0.1, 0.15) is 24.5 Å². The summed E-state index contributed by atoms with van der Waals surface area (Å²) in [4.78, 5) is 30.8. The Kier molecular flexibility index (Phi) is 6.77. The Labute approximate surface area is 196 Å². The maximum absolute atomic E-state index is 15.1. The van der Waals surface area contributed by atoms with Gasteiger partial charge in [-0.3, -0.25) is 4.79 Å². The van der Waals surface area contributed by atoms with Crippen LogP contribution in [0.2, 0.25) is 0 Å². The van der Waals surface area contributed by atoms with E-state index in [4.69, 9.17) is 11.1 Å². The topological polar surface area (TPSA) is 120 Å². The number of urea groups is 1. The van der Waals surface area contributed by atoms with Crippen LogP contribution in [-0.4, -0.2) is 58.3 Å². The van der Waals surface area contributed by atoms with Crippen molar-refractivity contribution in [1.29, 1.82) is 5.41 Å². The number of piperidine rings is 1. The van der Waals surface area contributed by atoms with Gasteiger partial charge in [0.1, 0.15) is 17.5 Å². The van der Waals surface area contributed by atoms with Gasteiger partial charge in [-0.2, -0.15) is 13.2 Å². The summed E-state index contributed by atoms with van der Waals surface area (Å²) >= 11 is 0. The summed E-state index contributed by atoms with van der Waals surface area (Å²) in [5, 5.41) is 9.77. The summed E-state index contributed by atoms with van der Waals surface area (Å²) in [6, 6.07) is -0.776. The van der Waals surface area contributed by atoms with Crippen LogP contribution in [0.25, 0.3) is 0 Å². The molecular formula is C21H24F5N7O2. The lowest BCUT2D eigenvalue weighted by atomic mass is 9.98. The number of aryl methyl sites for hydroxylation is 1. The van der Waals surface area contributed by atoms with Crippen LogP contribution in [0, 0.1) is 5.41 Å². The molecule has 1 aliphatic heterocycles. The van der Waals surface area contributed by atoms with Crippen LogP contribution in [-0.2, 0) is 13.2 Å². The maximum Gasteiger partial charge on any atom is 0.417 e. The minimum absolute atomic E-state index is 0.0973. The minimum Gasteiger partial charge on any atom is -0.383 e. The molecule has 2 aromatic heterocycles. The van der Waals surface area contributed by atoms with E-state index in [0.717, 1.165) is 14.1 Å². The smallest absolute Gasteiger partial charge is 0.383 e. The van der Waals surface area contributed by atoms with Crippen molar-refractivity contribution in [1.82, 2.24) is 14.5 Å². The van der Waals surface area contributed by atoms with E-state index in [1.54, 1.807) is 0 Å². The molecule has 0 radical (unpaired) electrons. The molecule has 0 bridgehead atoms. The Hall–Kier alpha value is -3.71. The SMILES string of the molecule is CC(=N)c1cc(N2CCC(N(C)C(=O)Nc3cc(C(F)(F)F)cn(C)c3=O)C(F)(F)C2)cnc1N. The highest BCUT2D eigenvalue weighted by molar-refractivity contribution is 6.00. The number of anilines is 3. The number of nitrogens with zero attached hydrogens (tertiary/aromatic N) is 4. The first-order chi connectivity index (χ1) is 16.1. The Morgan fingerprint density at radius 1 is 1.34 bits per heavy atom. The van der Waals surface area contributed by atoms with Gasteiger partial charge in [0.05, 0.1) is 24.0 Å². The number of aromatic nitrogens is 2. The second kappa shape index (κ2) is 9.15. The van der Waals surface area contributed by atoms with Crippen molar-refractivity contribution in [2.75, 3.05) is 36.1 Å². The van der Waals surface area contributed by atoms with Gasteiger partial charge in [-0.15, -0.1) is 0 Å². The summed E-state index contributed by atoms with van der Waals surface area (Å²) in [5.41, 5.74) is 3.72. The third-order valence-corrected chi connectivity index (χ3v) is 5.77. The van der Waals surface area contributed by atoms with Crippen molar-refractivity contribution >= 4 is 28.9 Å². The quantitative estimate of drug-likeness (QED) is 0.439. The number of hydrogen-bond acceptors (Lipinski definition) is 6. The molecule has 1 unspecified atom stereocenters. The van der Waals surface area contributed by atoms with E-state index in [9.17, 15) is 22.8 Å². The number of halogens is 5.